The molecule has 8 nitrogen and oxygen atoms in total. The number of fused-ring (bicyclic) bond motifs is 1. The van der Waals surface area contributed by atoms with Crippen molar-refractivity contribution >= 4 is 22.7 Å². The van der Waals surface area contributed by atoms with Gasteiger partial charge < -0.3 is 20.6 Å². The summed E-state index contributed by atoms with van der Waals surface area (Å²) in [5.41, 5.74) is 2.70. The van der Waals surface area contributed by atoms with E-state index in [9.17, 15) is 15.0 Å². The van der Waals surface area contributed by atoms with Gasteiger partial charge in [-0.15, -0.1) is 0 Å². The van der Waals surface area contributed by atoms with Crippen LogP contribution in [-0.4, -0.2) is 55.3 Å². The molecule has 2 heterocycles. The lowest BCUT2D eigenvalue weighted by atomic mass is 10.0. The van der Waals surface area contributed by atoms with Crippen LogP contribution in [0.2, 0.25) is 0 Å². The summed E-state index contributed by atoms with van der Waals surface area (Å²) in [6, 6.07) is 9.11. The smallest absolute Gasteiger partial charge is 0.357 e. The van der Waals surface area contributed by atoms with E-state index >= 15 is 0 Å². The van der Waals surface area contributed by atoms with Gasteiger partial charge in [0.25, 0.3) is 0 Å². The highest BCUT2D eigenvalue weighted by Crippen LogP contribution is 2.31. The molecule has 0 saturated carbocycles. The second kappa shape index (κ2) is 6.88. The van der Waals surface area contributed by atoms with Crippen LogP contribution < -0.4 is 5.32 Å². The molecule has 0 radical (unpaired) electrons. The predicted octanol–water partition coefficient (Wildman–Crippen LogP) is 1.10. The maximum atomic E-state index is 11.5. The Balaban J connectivity index is 2.06. The molecule has 0 saturated heterocycles. The van der Waals surface area contributed by atoms with Gasteiger partial charge in [0.05, 0.1) is 18.1 Å². The second-order valence-corrected chi connectivity index (χ2v) is 5.63. The molecule has 130 valence electrons. The van der Waals surface area contributed by atoms with Crippen LogP contribution >= 0.6 is 0 Å². The number of hydrogen-bond acceptors (Lipinski definition) is 6. The Labute approximate surface area is 143 Å². The van der Waals surface area contributed by atoms with Crippen LogP contribution in [0, 0.1) is 0 Å². The first kappa shape index (κ1) is 16.9. The van der Waals surface area contributed by atoms with E-state index in [4.69, 9.17) is 5.11 Å². The lowest BCUT2D eigenvalue weighted by Crippen LogP contribution is -2.22. The molecule has 3 aromatic rings. The number of anilines is 1. The van der Waals surface area contributed by atoms with Crippen molar-refractivity contribution in [3.63, 3.8) is 0 Å². The predicted molar refractivity (Wildman–Crippen MR) is 92.5 cm³/mol. The molecule has 0 fully saturated rings. The topological polar surface area (TPSA) is 121 Å². The molecule has 3 rings (SSSR count). The molecular weight excluding hydrogens is 324 g/mol. The Morgan fingerprint density at radius 2 is 2.16 bits per heavy atom. The number of nitrogens with zero attached hydrogens (tertiary/aromatic N) is 3. The van der Waals surface area contributed by atoms with Gasteiger partial charge in [-0.25, -0.2) is 14.5 Å². The van der Waals surface area contributed by atoms with Crippen molar-refractivity contribution in [2.45, 2.75) is 6.10 Å². The van der Waals surface area contributed by atoms with Gasteiger partial charge in [-0.2, -0.15) is 5.10 Å². The van der Waals surface area contributed by atoms with Crippen LogP contribution in [-0.2, 0) is 7.05 Å². The number of carboxylic acid groups (broad SMARTS) is 1. The molecular formula is C17H18N4O4. The van der Waals surface area contributed by atoms with Crippen molar-refractivity contribution in [2.24, 2.45) is 7.05 Å². The van der Waals surface area contributed by atoms with Gasteiger partial charge >= 0.3 is 5.97 Å². The fourth-order valence-corrected chi connectivity index (χ4v) is 2.66. The van der Waals surface area contributed by atoms with Gasteiger partial charge in [0.2, 0.25) is 0 Å². The summed E-state index contributed by atoms with van der Waals surface area (Å²) in [6.07, 6.45) is 0.758. The fraction of sp³-hybridized carbons (Fsp3) is 0.235. The number of aromatic nitrogens is 3. The second-order valence-electron chi connectivity index (χ2n) is 5.63. The number of aryl methyl sites for hydroxylation is 1. The summed E-state index contributed by atoms with van der Waals surface area (Å²) < 4.78 is 1.45. The Hall–Kier alpha value is -2.97. The molecule has 1 unspecified atom stereocenters. The average molecular weight is 342 g/mol. The summed E-state index contributed by atoms with van der Waals surface area (Å²) in [6.45, 7) is -0.117. The molecule has 0 aliphatic heterocycles. The van der Waals surface area contributed by atoms with E-state index in [0.29, 0.717) is 16.6 Å². The summed E-state index contributed by atoms with van der Waals surface area (Å²) in [5, 5.41) is 35.3. The third-order valence-corrected chi connectivity index (χ3v) is 3.85. The van der Waals surface area contributed by atoms with E-state index in [-0.39, 0.29) is 18.8 Å². The first-order chi connectivity index (χ1) is 12.0. The zero-order chi connectivity index (χ0) is 18.0. The Bertz CT molecular complexity index is 922. The zero-order valence-electron chi connectivity index (χ0n) is 13.5. The van der Waals surface area contributed by atoms with Crippen LogP contribution in [0.5, 0.6) is 0 Å². The lowest BCUT2D eigenvalue weighted by molar-refractivity contribution is 0.0691. The highest BCUT2D eigenvalue weighted by atomic mass is 16.4. The van der Waals surface area contributed by atoms with Gasteiger partial charge in [0.1, 0.15) is 0 Å². The summed E-state index contributed by atoms with van der Waals surface area (Å²) >= 11 is 0. The molecule has 0 aliphatic carbocycles. The summed E-state index contributed by atoms with van der Waals surface area (Å²) in [5.74, 6) is -1.11. The average Bonchev–Trinajstić information content (AvgIpc) is 2.97. The van der Waals surface area contributed by atoms with Crippen molar-refractivity contribution in [2.75, 3.05) is 18.5 Å². The SMILES string of the molecule is Cn1nc(C(=O)O)c2c(-c3cccc(NCC(O)CO)c3)ccnc21. The maximum absolute atomic E-state index is 11.5. The van der Waals surface area contributed by atoms with Crippen LogP contribution in [0.3, 0.4) is 0 Å². The molecule has 2 aromatic heterocycles. The van der Waals surface area contributed by atoms with Crippen molar-refractivity contribution in [3.8, 4) is 11.1 Å². The zero-order valence-corrected chi connectivity index (χ0v) is 13.5. The maximum Gasteiger partial charge on any atom is 0.357 e. The monoisotopic (exact) mass is 342 g/mol. The number of carboxylic acids is 1. The van der Waals surface area contributed by atoms with E-state index in [1.165, 1.54) is 4.68 Å². The van der Waals surface area contributed by atoms with Crippen LogP contribution in [0.1, 0.15) is 10.5 Å². The first-order valence-corrected chi connectivity index (χ1v) is 7.69. The quantitative estimate of drug-likeness (QED) is 0.529. The number of aliphatic hydroxyl groups is 2. The largest absolute Gasteiger partial charge is 0.476 e. The Kier molecular flexibility index (Phi) is 4.64. The van der Waals surface area contributed by atoms with E-state index in [0.717, 1.165) is 11.3 Å². The number of rotatable bonds is 6. The van der Waals surface area contributed by atoms with E-state index < -0.39 is 12.1 Å². The molecule has 0 aliphatic rings. The van der Waals surface area contributed by atoms with Crippen molar-refractivity contribution in [1.29, 1.82) is 0 Å². The summed E-state index contributed by atoms with van der Waals surface area (Å²) in [4.78, 5) is 15.7. The van der Waals surface area contributed by atoms with Gasteiger partial charge in [-0.05, 0) is 29.3 Å². The number of benzene rings is 1. The minimum Gasteiger partial charge on any atom is -0.476 e. The molecule has 1 atom stereocenters. The molecule has 0 amide bonds. The van der Waals surface area contributed by atoms with E-state index in [1.807, 2.05) is 24.3 Å². The number of pyridine rings is 1. The minimum atomic E-state index is -1.11. The van der Waals surface area contributed by atoms with Crippen molar-refractivity contribution < 1.29 is 20.1 Å². The standard InChI is InChI=1S/C17H18N4O4/c1-21-16-14(15(20-21)17(24)25)13(5-6-18-16)10-3-2-4-11(7-10)19-8-12(23)9-22/h2-7,12,19,22-23H,8-9H2,1H3,(H,24,25). The Morgan fingerprint density at radius 3 is 2.88 bits per heavy atom. The third-order valence-electron chi connectivity index (χ3n) is 3.85. The molecule has 0 spiro atoms. The van der Waals surface area contributed by atoms with E-state index in [2.05, 4.69) is 15.4 Å². The van der Waals surface area contributed by atoms with Gasteiger partial charge in [-0.3, -0.25) is 0 Å². The third kappa shape index (κ3) is 3.30. The number of aliphatic hydroxyl groups excluding tert-OH is 2. The van der Waals surface area contributed by atoms with Gasteiger partial charge in [-0.1, -0.05) is 12.1 Å². The summed E-state index contributed by atoms with van der Waals surface area (Å²) in [7, 11) is 1.65. The molecule has 0 bridgehead atoms. The number of hydrogen-bond donors (Lipinski definition) is 4. The molecule has 8 heteroatoms. The van der Waals surface area contributed by atoms with Crippen LogP contribution in [0.4, 0.5) is 5.69 Å². The number of aromatic carboxylic acids is 1. The normalized spacial score (nSPS) is 12.3. The minimum absolute atomic E-state index is 0.0466. The van der Waals surface area contributed by atoms with E-state index in [1.54, 1.807) is 19.3 Å². The molecule has 1 aromatic carbocycles. The number of nitrogens with one attached hydrogen (secondary N) is 1. The Morgan fingerprint density at radius 1 is 1.36 bits per heavy atom. The highest BCUT2D eigenvalue weighted by Gasteiger charge is 2.20. The number of carbonyl (C=O) groups is 1. The van der Waals surface area contributed by atoms with Crippen LogP contribution in [0.15, 0.2) is 36.5 Å². The van der Waals surface area contributed by atoms with Gasteiger partial charge in [0, 0.05) is 25.5 Å². The molecule has 4 N–H and O–H groups in total. The van der Waals surface area contributed by atoms with Crippen molar-refractivity contribution in [1.82, 2.24) is 14.8 Å². The lowest BCUT2D eigenvalue weighted by Gasteiger charge is -2.12. The van der Waals surface area contributed by atoms with Crippen LogP contribution in [0.25, 0.3) is 22.2 Å². The highest BCUT2D eigenvalue weighted by molar-refractivity contribution is 6.07. The molecule has 25 heavy (non-hydrogen) atoms. The van der Waals surface area contributed by atoms with Crippen molar-refractivity contribution in [3.05, 3.63) is 42.2 Å². The first-order valence-electron chi connectivity index (χ1n) is 7.69. The fourth-order valence-electron chi connectivity index (χ4n) is 2.66. The van der Waals surface area contributed by atoms with Gasteiger partial charge in [0.15, 0.2) is 11.3 Å².